The standard InChI is InChI=1S/C37H34ClF4N7O4/c1-21-2-11-29(28(39)14-21)44-31(50)33(52)49-18-23-16-48(17-24(23)19-49)32(51)22-3-9-27(10-4-22)43-34-45-30(46-35(47-34)53-20-37(40,41)42)15-36(12-13-36)25-5-7-26(38)8-6-25/h2-11,14,23-24H,12-13,15-20H2,1H3,(H,44,50)(H,43,45,46,47). The van der Waals surface area contributed by atoms with Gasteiger partial charge in [-0.3, -0.25) is 14.4 Å². The van der Waals surface area contributed by atoms with Gasteiger partial charge in [-0.1, -0.05) is 29.8 Å². The maximum atomic E-state index is 14.2. The number of carbonyl (C=O) groups excluding carboxylic acids is 3. The van der Waals surface area contributed by atoms with Gasteiger partial charge in [0.1, 0.15) is 11.6 Å². The lowest BCUT2D eigenvalue weighted by Crippen LogP contribution is -2.41. The van der Waals surface area contributed by atoms with Crippen LogP contribution in [0.25, 0.3) is 0 Å². The molecule has 2 N–H and O–H groups in total. The number of nitrogens with one attached hydrogen (secondary N) is 2. The number of halogens is 5. The first kappa shape index (κ1) is 36.1. The Morgan fingerprint density at radius 2 is 1.57 bits per heavy atom. The summed E-state index contributed by atoms with van der Waals surface area (Å²) in [5, 5.41) is 5.93. The van der Waals surface area contributed by atoms with Crippen molar-refractivity contribution in [3.05, 3.63) is 100 Å². The SMILES string of the molecule is Cc1ccc(NC(=O)C(=O)N2CC3CN(C(=O)c4ccc(Nc5nc(CC6(c7ccc(Cl)cc7)CC6)nc(OCC(F)(F)F)n5)cc4)CC3C2)c(F)c1. The van der Waals surface area contributed by atoms with Crippen molar-refractivity contribution in [3.8, 4) is 6.01 Å². The van der Waals surface area contributed by atoms with Crippen LogP contribution in [0, 0.1) is 24.6 Å². The number of rotatable bonds is 9. The summed E-state index contributed by atoms with van der Waals surface area (Å²) >= 11 is 6.06. The fourth-order valence-electron chi connectivity index (χ4n) is 6.94. The molecule has 53 heavy (non-hydrogen) atoms. The van der Waals surface area contributed by atoms with Gasteiger partial charge in [-0.05, 0) is 79.4 Å². The molecule has 2 atom stereocenters. The summed E-state index contributed by atoms with van der Waals surface area (Å²) in [6.45, 7) is 1.53. The Balaban J connectivity index is 0.970. The van der Waals surface area contributed by atoms with Crippen LogP contribution in [0.15, 0.2) is 66.7 Å². The van der Waals surface area contributed by atoms with Crippen molar-refractivity contribution in [1.82, 2.24) is 24.8 Å². The van der Waals surface area contributed by atoms with Crippen LogP contribution >= 0.6 is 11.6 Å². The van der Waals surface area contributed by atoms with Crippen LogP contribution in [0.5, 0.6) is 6.01 Å². The highest BCUT2D eigenvalue weighted by molar-refractivity contribution is 6.39. The van der Waals surface area contributed by atoms with Gasteiger partial charge in [0.05, 0.1) is 5.69 Å². The van der Waals surface area contributed by atoms with E-state index in [4.69, 9.17) is 16.3 Å². The van der Waals surface area contributed by atoms with E-state index in [-0.39, 0.29) is 40.6 Å². The number of benzene rings is 3. The molecule has 2 saturated heterocycles. The number of alkyl halides is 3. The highest BCUT2D eigenvalue weighted by Crippen LogP contribution is 2.50. The zero-order valence-electron chi connectivity index (χ0n) is 28.4. The highest BCUT2D eigenvalue weighted by atomic mass is 35.5. The Morgan fingerprint density at radius 1 is 0.906 bits per heavy atom. The van der Waals surface area contributed by atoms with Crippen LogP contribution in [-0.4, -0.2) is 81.4 Å². The molecule has 4 aromatic rings. The van der Waals surface area contributed by atoms with E-state index in [1.807, 2.05) is 12.1 Å². The molecule has 3 fully saturated rings. The topological polar surface area (TPSA) is 130 Å². The summed E-state index contributed by atoms with van der Waals surface area (Å²) in [7, 11) is 0. The van der Waals surface area contributed by atoms with Crippen molar-refractivity contribution in [2.75, 3.05) is 43.4 Å². The van der Waals surface area contributed by atoms with Gasteiger partial charge >= 0.3 is 24.0 Å². The van der Waals surface area contributed by atoms with Gasteiger partial charge in [0.15, 0.2) is 6.61 Å². The van der Waals surface area contributed by atoms with E-state index in [9.17, 15) is 31.9 Å². The van der Waals surface area contributed by atoms with Crippen molar-refractivity contribution < 1.29 is 36.7 Å². The minimum absolute atomic E-state index is 0.0118. The van der Waals surface area contributed by atoms with Gasteiger partial charge in [-0.25, -0.2) is 4.39 Å². The number of aryl methyl sites for hydroxylation is 1. The second-order valence-corrected chi connectivity index (χ2v) is 14.2. The molecule has 1 aromatic heterocycles. The second-order valence-electron chi connectivity index (χ2n) is 13.8. The van der Waals surface area contributed by atoms with Crippen LogP contribution in [-0.2, 0) is 21.4 Å². The molecule has 0 radical (unpaired) electrons. The first-order valence-electron chi connectivity index (χ1n) is 17.0. The van der Waals surface area contributed by atoms with Gasteiger partial charge in [0.25, 0.3) is 5.91 Å². The molecule has 3 aliphatic rings. The Morgan fingerprint density at radius 3 is 2.19 bits per heavy atom. The molecule has 3 aromatic carbocycles. The van der Waals surface area contributed by atoms with Gasteiger partial charge < -0.3 is 25.2 Å². The molecule has 2 unspecified atom stereocenters. The number of fused-ring (bicyclic) bond motifs is 1. The Kier molecular flexibility index (Phi) is 9.70. The molecule has 2 aliphatic heterocycles. The molecule has 276 valence electrons. The number of hydrogen-bond acceptors (Lipinski definition) is 8. The summed E-state index contributed by atoms with van der Waals surface area (Å²) in [5.74, 6) is -2.29. The largest absolute Gasteiger partial charge is 0.454 e. The van der Waals surface area contributed by atoms with E-state index in [2.05, 4.69) is 25.6 Å². The Bertz CT molecular complexity index is 2030. The number of nitrogens with zero attached hydrogens (tertiary/aromatic N) is 5. The van der Waals surface area contributed by atoms with Gasteiger partial charge in [0.2, 0.25) is 5.95 Å². The van der Waals surface area contributed by atoms with Crippen LogP contribution in [0.3, 0.4) is 0 Å². The molecule has 3 amide bonds. The lowest BCUT2D eigenvalue weighted by Gasteiger charge is -2.22. The summed E-state index contributed by atoms with van der Waals surface area (Å²) < 4.78 is 58.0. The third kappa shape index (κ3) is 8.35. The molecule has 11 nitrogen and oxygen atoms in total. The first-order valence-corrected chi connectivity index (χ1v) is 17.3. The van der Waals surface area contributed by atoms with E-state index >= 15 is 0 Å². The minimum atomic E-state index is -4.59. The second kappa shape index (κ2) is 14.3. The van der Waals surface area contributed by atoms with Crippen LogP contribution in [0.4, 0.5) is 34.9 Å². The van der Waals surface area contributed by atoms with Gasteiger partial charge in [-0.2, -0.15) is 28.1 Å². The fraction of sp³-hybridized carbons (Fsp3) is 0.351. The number of amides is 3. The maximum Gasteiger partial charge on any atom is 0.422 e. The summed E-state index contributed by atoms with van der Waals surface area (Å²) in [6, 6.07) is 17.8. The maximum absolute atomic E-state index is 14.2. The van der Waals surface area contributed by atoms with Crippen molar-refractivity contribution in [3.63, 3.8) is 0 Å². The first-order chi connectivity index (χ1) is 25.2. The van der Waals surface area contributed by atoms with Crippen molar-refractivity contribution in [1.29, 1.82) is 0 Å². The zero-order chi connectivity index (χ0) is 37.5. The van der Waals surface area contributed by atoms with Gasteiger partial charge in [-0.15, -0.1) is 0 Å². The normalized spacial score (nSPS) is 18.8. The lowest BCUT2D eigenvalue weighted by molar-refractivity contribution is -0.154. The van der Waals surface area contributed by atoms with Crippen molar-refractivity contribution >= 4 is 46.6 Å². The average Bonchev–Trinajstić information content (AvgIpc) is 3.61. The molecule has 1 saturated carbocycles. The molecule has 1 aliphatic carbocycles. The molecular weight excluding hydrogens is 718 g/mol. The van der Waals surface area contributed by atoms with Gasteiger partial charge in [0, 0.05) is 66.1 Å². The lowest BCUT2D eigenvalue weighted by atomic mass is 9.92. The molecule has 0 spiro atoms. The summed E-state index contributed by atoms with van der Waals surface area (Å²) in [5.41, 5.74) is 2.26. The molecule has 16 heteroatoms. The Labute approximate surface area is 306 Å². The predicted molar refractivity (Wildman–Crippen MR) is 186 cm³/mol. The van der Waals surface area contributed by atoms with E-state index in [0.717, 1.165) is 18.4 Å². The number of hydrogen-bond donors (Lipinski definition) is 2. The molecule has 7 rings (SSSR count). The third-order valence-corrected chi connectivity index (χ3v) is 10.1. The van der Waals surface area contributed by atoms with Crippen LogP contribution < -0.4 is 15.4 Å². The smallest absolute Gasteiger partial charge is 0.422 e. The van der Waals surface area contributed by atoms with Crippen molar-refractivity contribution in [2.24, 2.45) is 11.8 Å². The summed E-state index contributed by atoms with van der Waals surface area (Å²) in [6.07, 6.45) is -2.54. The minimum Gasteiger partial charge on any atom is -0.454 e. The Hall–Kier alpha value is -5.31. The fourth-order valence-corrected chi connectivity index (χ4v) is 7.07. The van der Waals surface area contributed by atoms with E-state index in [0.29, 0.717) is 54.4 Å². The molecular formula is C37H34ClF4N7O4. The quantitative estimate of drug-likeness (QED) is 0.155. The van der Waals surface area contributed by atoms with Crippen LogP contribution in [0.2, 0.25) is 5.02 Å². The number of ether oxygens (including phenoxy) is 1. The number of likely N-dealkylation sites (tertiary alicyclic amines) is 2. The van der Waals surface area contributed by atoms with E-state index in [1.165, 1.54) is 17.0 Å². The van der Waals surface area contributed by atoms with E-state index in [1.54, 1.807) is 54.3 Å². The molecule has 0 bridgehead atoms. The number of carbonyl (C=O) groups is 3. The van der Waals surface area contributed by atoms with E-state index < -0.39 is 36.4 Å². The zero-order valence-corrected chi connectivity index (χ0v) is 29.2. The number of anilines is 3. The number of aromatic nitrogens is 3. The molecule has 3 heterocycles. The van der Waals surface area contributed by atoms with Crippen molar-refractivity contribution in [2.45, 2.75) is 37.8 Å². The highest BCUT2D eigenvalue weighted by Gasteiger charge is 2.46. The average molecular weight is 752 g/mol. The monoisotopic (exact) mass is 751 g/mol. The van der Waals surface area contributed by atoms with Crippen LogP contribution in [0.1, 0.15) is 40.2 Å². The predicted octanol–water partition coefficient (Wildman–Crippen LogP) is 6.10. The third-order valence-electron chi connectivity index (χ3n) is 9.85. The summed E-state index contributed by atoms with van der Waals surface area (Å²) in [4.78, 5) is 54.7.